The molecule has 118 valence electrons. The van der Waals surface area contributed by atoms with Crippen LogP contribution < -0.4 is 0 Å². The standard InChI is InChI=1S/C18H25N3S/c1-13-5-6-15(11-14(13)2)18-17-16(19-12-20-17)7-9-21(18)8-4-10-22-3/h5-6,11-12,18H,4,7-10H2,1-3H3,(H,19,20). The van der Waals surface area contributed by atoms with E-state index in [-0.39, 0.29) is 0 Å². The summed E-state index contributed by atoms with van der Waals surface area (Å²) in [5, 5.41) is 0. The minimum atomic E-state index is 0.302. The highest BCUT2D eigenvalue weighted by molar-refractivity contribution is 7.98. The van der Waals surface area contributed by atoms with Crippen molar-refractivity contribution in [1.29, 1.82) is 0 Å². The van der Waals surface area contributed by atoms with Crippen molar-refractivity contribution in [1.82, 2.24) is 14.9 Å². The first-order valence-electron chi connectivity index (χ1n) is 8.03. The molecule has 1 N–H and O–H groups in total. The van der Waals surface area contributed by atoms with E-state index in [9.17, 15) is 0 Å². The first-order valence-corrected chi connectivity index (χ1v) is 9.42. The lowest BCUT2D eigenvalue weighted by atomic mass is 9.93. The summed E-state index contributed by atoms with van der Waals surface area (Å²) in [4.78, 5) is 10.6. The number of nitrogens with zero attached hydrogens (tertiary/aromatic N) is 2. The summed E-state index contributed by atoms with van der Waals surface area (Å²) in [7, 11) is 0. The molecule has 4 heteroatoms. The molecule has 0 bridgehead atoms. The Labute approximate surface area is 137 Å². The first kappa shape index (κ1) is 15.6. The van der Waals surface area contributed by atoms with Crippen LogP contribution in [0.1, 0.15) is 40.5 Å². The number of rotatable bonds is 5. The van der Waals surface area contributed by atoms with E-state index in [4.69, 9.17) is 0 Å². The summed E-state index contributed by atoms with van der Waals surface area (Å²) in [6.07, 6.45) is 6.35. The monoisotopic (exact) mass is 315 g/mol. The average Bonchev–Trinajstić information content (AvgIpc) is 2.98. The maximum Gasteiger partial charge on any atom is 0.0926 e. The number of H-pyrrole nitrogens is 1. The lowest BCUT2D eigenvalue weighted by Crippen LogP contribution is -2.37. The number of fused-ring (bicyclic) bond motifs is 1. The van der Waals surface area contributed by atoms with E-state index in [0.717, 1.165) is 19.5 Å². The van der Waals surface area contributed by atoms with Crippen molar-refractivity contribution < 1.29 is 0 Å². The summed E-state index contributed by atoms with van der Waals surface area (Å²) in [6, 6.07) is 7.16. The number of nitrogens with one attached hydrogen (secondary N) is 1. The molecule has 2 heterocycles. The van der Waals surface area contributed by atoms with Crippen molar-refractivity contribution in [2.75, 3.05) is 25.1 Å². The fourth-order valence-corrected chi connectivity index (χ4v) is 3.70. The van der Waals surface area contributed by atoms with Gasteiger partial charge in [0.2, 0.25) is 0 Å². The van der Waals surface area contributed by atoms with Gasteiger partial charge in [0.05, 0.1) is 18.1 Å². The first-order chi connectivity index (χ1) is 10.7. The lowest BCUT2D eigenvalue weighted by molar-refractivity contribution is 0.210. The van der Waals surface area contributed by atoms with Crippen LogP contribution in [0.2, 0.25) is 0 Å². The predicted octanol–water partition coefficient (Wildman–Crippen LogP) is 3.73. The number of imidazole rings is 1. The number of aryl methyl sites for hydroxylation is 2. The van der Waals surface area contributed by atoms with E-state index in [1.54, 1.807) is 0 Å². The van der Waals surface area contributed by atoms with Gasteiger partial charge in [0.25, 0.3) is 0 Å². The third-order valence-corrected chi connectivity index (χ3v) is 5.36. The zero-order valence-corrected chi connectivity index (χ0v) is 14.5. The van der Waals surface area contributed by atoms with Crippen molar-refractivity contribution >= 4 is 11.8 Å². The molecule has 1 aromatic heterocycles. The minimum absolute atomic E-state index is 0.302. The molecule has 1 aromatic carbocycles. The van der Waals surface area contributed by atoms with Crippen LogP contribution in [-0.2, 0) is 6.42 Å². The molecule has 0 spiro atoms. The summed E-state index contributed by atoms with van der Waals surface area (Å²) < 4.78 is 0. The van der Waals surface area contributed by atoms with Gasteiger partial charge in [0.1, 0.15) is 0 Å². The van der Waals surface area contributed by atoms with E-state index in [1.165, 1.54) is 40.3 Å². The molecule has 1 unspecified atom stereocenters. The number of aromatic amines is 1. The van der Waals surface area contributed by atoms with Gasteiger partial charge in [-0.3, -0.25) is 4.90 Å². The van der Waals surface area contributed by atoms with E-state index >= 15 is 0 Å². The van der Waals surface area contributed by atoms with Crippen LogP contribution in [0.3, 0.4) is 0 Å². The number of hydrogen-bond acceptors (Lipinski definition) is 3. The smallest absolute Gasteiger partial charge is 0.0926 e. The summed E-state index contributed by atoms with van der Waals surface area (Å²) in [6.45, 7) is 6.63. The van der Waals surface area contributed by atoms with Gasteiger partial charge >= 0.3 is 0 Å². The molecule has 1 atom stereocenters. The second-order valence-corrected chi connectivity index (χ2v) is 7.13. The summed E-state index contributed by atoms with van der Waals surface area (Å²) >= 11 is 1.93. The highest BCUT2D eigenvalue weighted by atomic mass is 32.2. The molecular weight excluding hydrogens is 290 g/mol. The number of thioether (sulfide) groups is 1. The SMILES string of the molecule is CSCCCN1CCc2[nH]cnc2C1c1ccc(C)c(C)c1. The normalized spacial score (nSPS) is 18.4. The van der Waals surface area contributed by atoms with Crippen LogP contribution in [0.5, 0.6) is 0 Å². The third kappa shape index (κ3) is 3.08. The van der Waals surface area contributed by atoms with Gasteiger partial charge < -0.3 is 4.98 Å². The molecule has 0 fully saturated rings. The Morgan fingerprint density at radius 2 is 2.18 bits per heavy atom. The Balaban J connectivity index is 1.92. The molecule has 1 aliphatic heterocycles. The lowest BCUT2D eigenvalue weighted by Gasteiger charge is -2.35. The van der Waals surface area contributed by atoms with Crippen LogP contribution in [0, 0.1) is 13.8 Å². The van der Waals surface area contributed by atoms with Crippen LogP contribution in [0.15, 0.2) is 24.5 Å². The Morgan fingerprint density at radius 1 is 1.32 bits per heavy atom. The molecule has 0 saturated carbocycles. The minimum Gasteiger partial charge on any atom is -0.348 e. The average molecular weight is 315 g/mol. The van der Waals surface area contributed by atoms with Crippen LogP contribution in [0.25, 0.3) is 0 Å². The molecule has 2 aromatic rings. The molecule has 1 aliphatic rings. The topological polar surface area (TPSA) is 31.9 Å². The van der Waals surface area contributed by atoms with E-state index < -0.39 is 0 Å². The van der Waals surface area contributed by atoms with Gasteiger partial charge in [-0.1, -0.05) is 18.2 Å². The Morgan fingerprint density at radius 3 is 2.95 bits per heavy atom. The highest BCUT2D eigenvalue weighted by Crippen LogP contribution is 2.34. The number of hydrogen-bond donors (Lipinski definition) is 1. The van der Waals surface area contributed by atoms with Crippen LogP contribution in [-0.4, -0.2) is 40.0 Å². The Bertz CT molecular complexity index is 635. The molecule has 0 amide bonds. The maximum atomic E-state index is 4.64. The van der Waals surface area contributed by atoms with E-state index in [1.807, 2.05) is 18.1 Å². The van der Waals surface area contributed by atoms with Crippen LogP contribution in [0.4, 0.5) is 0 Å². The largest absolute Gasteiger partial charge is 0.348 e. The zero-order valence-electron chi connectivity index (χ0n) is 13.7. The molecule has 3 nitrogen and oxygen atoms in total. The fourth-order valence-electron chi connectivity index (χ4n) is 3.28. The molecule has 0 radical (unpaired) electrons. The highest BCUT2D eigenvalue weighted by Gasteiger charge is 2.30. The van der Waals surface area contributed by atoms with Gasteiger partial charge in [0, 0.05) is 18.7 Å². The molecule has 22 heavy (non-hydrogen) atoms. The van der Waals surface area contributed by atoms with Crippen molar-refractivity contribution in [2.45, 2.75) is 32.7 Å². The van der Waals surface area contributed by atoms with E-state index in [0.29, 0.717) is 6.04 Å². The molecule has 0 aliphatic carbocycles. The van der Waals surface area contributed by atoms with Crippen LogP contribution >= 0.6 is 11.8 Å². The second kappa shape index (κ2) is 6.88. The molecular formula is C18H25N3S. The van der Waals surface area contributed by atoms with Crippen molar-refractivity contribution in [3.63, 3.8) is 0 Å². The van der Waals surface area contributed by atoms with Crippen molar-refractivity contribution in [3.05, 3.63) is 52.6 Å². The van der Waals surface area contributed by atoms with Gasteiger partial charge in [-0.05, 0) is 55.5 Å². The quantitative estimate of drug-likeness (QED) is 0.853. The Kier molecular flexibility index (Phi) is 4.89. The third-order valence-electron chi connectivity index (χ3n) is 4.67. The molecule has 3 rings (SSSR count). The fraction of sp³-hybridized carbons (Fsp3) is 0.500. The van der Waals surface area contributed by atoms with Crippen molar-refractivity contribution in [2.24, 2.45) is 0 Å². The zero-order chi connectivity index (χ0) is 15.5. The number of aromatic nitrogens is 2. The second-order valence-electron chi connectivity index (χ2n) is 6.14. The molecule has 0 saturated heterocycles. The van der Waals surface area contributed by atoms with Gasteiger partial charge in [-0.25, -0.2) is 4.98 Å². The Hall–Kier alpha value is -1.26. The van der Waals surface area contributed by atoms with E-state index in [2.05, 4.69) is 53.2 Å². The predicted molar refractivity (Wildman–Crippen MR) is 94.6 cm³/mol. The summed E-state index contributed by atoms with van der Waals surface area (Å²) in [5.74, 6) is 1.23. The maximum absolute atomic E-state index is 4.64. The van der Waals surface area contributed by atoms with Gasteiger partial charge in [0.15, 0.2) is 0 Å². The van der Waals surface area contributed by atoms with Gasteiger partial charge in [-0.15, -0.1) is 0 Å². The van der Waals surface area contributed by atoms with Crippen molar-refractivity contribution in [3.8, 4) is 0 Å². The summed E-state index contributed by atoms with van der Waals surface area (Å²) in [5.41, 5.74) is 6.63. The number of benzene rings is 1. The van der Waals surface area contributed by atoms with Gasteiger partial charge in [-0.2, -0.15) is 11.8 Å².